The SMILES string of the molecule is COc1cc(C(=O)C(C)=Cc2ccc3c(ccn3CCO)c2)cc2c1OCO2. The maximum Gasteiger partial charge on any atom is 0.231 e. The molecule has 0 saturated heterocycles. The minimum atomic E-state index is -0.102. The molecule has 6 nitrogen and oxygen atoms in total. The van der Waals surface area contributed by atoms with Crippen molar-refractivity contribution in [2.45, 2.75) is 13.5 Å². The van der Waals surface area contributed by atoms with Crippen molar-refractivity contribution in [3.05, 3.63) is 59.3 Å². The highest BCUT2D eigenvalue weighted by molar-refractivity contribution is 6.11. The predicted octanol–water partition coefficient (Wildman–Crippen LogP) is 3.66. The molecule has 4 rings (SSSR count). The molecule has 0 bridgehead atoms. The molecule has 144 valence electrons. The topological polar surface area (TPSA) is 69.9 Å². The van der Waals surface area contributed by atoms with E-state index >= 15 is 0 Å². The van der Waals surface area contributed by atoms with Crippen LogP contribution in [0.4, 0.5) is 0 Å². The number of carbonyl (C=O) groups excluding carboxylic acids is 1. The first-order valence-corrected chi connectivity index (χ1v) is 9.01. The van der Waals surface area contributed by atoms with Gasteiger partial charge in [0.15, 0.2) is 17.3 Å². The van der Waals surface area contributed by atoms with E-state index in [4.69, 9.17) is 19.3 Å². The number of aliphatic hydroxyl groups excluding tert-OH is 1. The molecule has 0 atom stereocenters. The molecule has 0 aliphatic carbocycles. The van der Waals surface area contributed by atoms with Gasteiger partial charge in [0.2, 0.25) is 12.5 Å². The number of hydrogen-bond acceptors (Lipinski definition) is 5. The Kier molecular flexibility index (Phi) is 4.79. The van der Waals surface area contributed by atoms with Crippen molar-refractivity contribution in [1.29, 1.82) is 0 Å². The van der Waals surface area contributed by atoms with Gasteiger partial charge in [-0.15, -0.1) is 0 Å². The van der Waals surface area contributed by atoms with Crippen LogP contribution in [-0.4, -0.2) is 36.0 Å². The maximum atomic E-state index is 12.9. The lowest BCUT2D eigenvalue weighted by Gasteiger charge is -2.08. The fourth-order valence-electron chi connectivity index (χ4n) is 3.42. The normalized spacial score (nSPS) is 13.2. The third kappa shape index (κ3) is 3.23. The lowest BCUT2D eigenvalue weighted by molar-refractivity contribution is 0.103. The Balaban J connectivity index is 1.63. The molecule has 0 saturated carbocycles. The summed E-state index contributed by atoms with van der Waals surface area (Å²) in [6.07, 6.45) is 3.81. The summed E-state index contributed by atoms with van der Waals surface area (Å²) in [4.78, 5) is 12.9. The molecule has 0 unspecified atom stereocenters. The number of allylic oxidation sites excluding steroid dienone is 1. The largest absolute Gasteiger partial charge is 0.493 e. The van der Waals surface area contributed by atoms with Gasteiger partial charge >= 0.3 is 0 Å². The van der Waals surface area contributed by atoms with E-state index in [0.717, 1.165) is 16.5 Å². The number of aromatic nitrogens is 1. The highest BCUT2D eigenvalue weighted by Gasteiger charge is 2.22. The van der Waals surface area contributed by atoms with Crippen LogP contribution in [0.3, 0.4) is 0 Å². The van der Waals surface area contributed by atoms with Crippen molar-refractivity contribution in [2.24, 2.45) is 0 Å². The van der Waals surface area contributed by atoms with Crippen molar-refractivity contribution >= 4 is 22.8 Å². The summed E-state index contributed by atoms with van der Waals surface area (Å²) < 4.78 is 18.1. The third-order valence-electron chi connectivity index (χ3n) is 4.80. The van der Waals surface area contributed by atoms with Crippen LogP contribution in [0.15, 0.2) is 48.2 Å². The molecule has 1 aliphatic heterocycles. The molecule has 3 aromatic rings. The van der Waals surface area contributed by atoms with Gasteiger partial charge in [0.25, 0.3) is 0 Å². The summed E-state index contributed by atoms with van der Waals surface area (Å²) >= 11 is 0. The van der Waals surface area contributed by atoms with Crippen LogP contribution in [0.5, 0.6) is 17.2 Å². The molecule has 1 N–H and O–H groups in total. The third-order valence-corrected chi connectivity index (χ3v) is 4.80. The number of benzene rings is 2. The van der Waals surface area contributed by atoms with Gasteiger partial charge in [-0.25, -0.2) is 0 Å². The van der Waals surface area contributed by atoms with Gasteiger partial charge < -0.3 is 23.9 Å². The van der Waals surface area contributed by atoms with Crippen LogP contribution in [0.25, 0.3) is 17.0 Å². The zero-order valence-corrected chi connectivity index (χ0v) is 15.8. The number of carbonyl (C=O) groups is 1. The molecule has 0 radical (unpaired) electrons. The van der Waals surface area contributed by atoms with Gasteiger partial charge in [-0.05, 0) is 54.5 Å². The van der Waals surface area contributed by atoms with Gasteiger partial charge in [0.05, 0.1) is 13.7 Å². The van der Waals surface area contributed by atoms with E-state index < -0.39 is 0 Å². The minimum absolute atomic E-state index is 0.0953. The van der Waals surface area contributed by atoms with E-state index in [1.54, 1.807) is 19.1 Å². The average molecular weight is 379 g/mol. The summed E-state index contributed by atoms with van der Waals surface area (Å²) in [5, 5.41) is 10.2. The summed E-state index contributed by atoms with van der Waals surface area (Å²) in [6, 6.07) is 11.3. The van der Waals surface area contributed by atoms with Gasteiger partial charge in [0, 0.05) is 29.2 Å². The van der Waals surface area contributed by atoms with Crippen molar-refractivity contribution in [3.63, 3.8) is 0 Å². The van der Waals surface area contributed by atoms with Crippen molar-refractivity contribution in [3.8, 4) is 17.2 Å². The van der Waals surface area contributed by atoms with E-state index in [1.807, 2.05) is 41.1 Å². The molecule has 6 heteroatoms. The first-order valence-electron chi connectivity index (χ1n) is 9.01. The zero-order chi connectivity index (χ0) is 19.7. The van der Waals surface area contributed by atoms with E-state index in [2.05, 4.69) is 0 Å². The molecule has 0 amide bonds. The fourth-order valence-corrected chi connectivity index (χ4v) is 3.42. The van der Waals surface area contributed by atoms with E-state index in [0.29, 0.717) is 34.9 Å². The molecule has 2 aromatic carbocycles. The number of rotatable bonds is 6. The molecule has 0 spiro atoms. The summed E-state index contributed by atoms with van der Waals surface area (Å²) in [5.41, 5.74) is 3.09. The van der Waals surface area contributed by atoms with Crippen LogP contribution in [-0.2, 0) is 6.54 Å². The Morgan fingerprint density at radius 2 is 2.11 bits per heavy atom. The second-order valence-electron chi connectivity index (χ2n) is 6.62. The second kappa shape index (κ2) is 7.40. The van der Waals surface area contributed by atoms with E-state index in [1.165, 1.54) is 7.11 Å². The zero-order valence-electron chi connectivity index (χ0n) is 15.8. The minimum Gasteiger partial charge on any atom is -0.493 e. The lowest BCUT2D eigenvalue weighted by Crippen LogP contribution is -2.02. The predicted molar refractivity (Wildman–Crippen MR) is 106 cm³/mol. The van der Waals surface area contributed by atoms with E-state index in [-0.39, 0.29) is 19.2 Å². The molecule has 2 heterocycles. The molecule has 28 heavy (non-hydrogen) atoms. The number of aliphatic hydroxyl groups is 1. The van der Waals surface area contributed by atoms with Gasteiger partial charge in [-0.2, -0.15) is 0 Å². The van der Waals surface area contributed by atoms with Crippen LogP contribution in [0.2, 0.25) is 0 Å². The average Bonchev–Trinajstić information content (AvgIpc) is 3.33. The number of methoxy groups -OCH3 is 1. The first kappa shape index (κ1) is 18.1. The number of fused-ring (bicyclic) bond motifs is 2. The molecular formula is C22H21NO5. The van der Waals surface area contributed by atoms with E-state index in [9.17, 15) is 4.79 Å². The second-order valence-corrected chi connectivity index (χ2v) is 6.62. The van der Waals surface area contributed by atoms with Crippen LogP contribution >= 0.6 is 0 Å². The number of Topliss-reactive ketones (excluding diaryl/α,β-unsaturated/α-hetero) is 1. The highest BCUT2D eigenvalue weighted by Crippen LogP contribution is 2.42. The van der Waals surface area contributed by atoms with Crippen LogP contribution < -0.4 is 14.2 Å². The number of ether oxygens (including phenoxy) is 3. The van der Waals surface area contributed by atoms with Crippen molar-refractivity contribution in [2.75, 3.05) is 20.5 Å². The number of hydrogen-bond donors (Lipinski definition) is 1. The fraction of sp³-hybridized carbons (Fsp3) is 0.227. The molecule has 1 aromatic heterocycles. The number of ketones is 1. The quantitative estimate of drug-likeness (QED) is 0.523. The standard InChI is InChI=1S/C22H21NO5/c1-14(9-15-3-4-18-16(10-15)5-6-23(18)7-8-24)21(25)17-11-19(26-2)22-20(12-17)27-13-28-22/h3-6,9-12,24H,7-8,13H2,1-2H3. The Hall–Kier alpha value is -3.25. The van der Waals surface area contributed by atoms with Gasteiger partial charge in [0.1, 0.15) is 0 Å². The summed E-state index contributed by atoms with van der Waals surface area (Å²) in [7, 11) is 1.53. The smallest absolute Gasteiger partial charge is 0.231 e. The van der Waals surface area contributed by atoms with Gasteiger partial charge in [-0.1, -0.05) is 6.07 Å². The Labute approximate surface area is 162 Å². The van der Waals surface area contributed by atoms with Crippen LogP contribution in [0.1, 0.15) is 22.8 Å². The molecule has 1 aliphatic rings. The van der Waals surface area contributed by atoms with Crippen LogP contribution in [0, 0.1) is 0 Å². The van der Waals surface area contributed by atoms with Crippen molar-refractivity contribution < 1.29 is 24.1 Å². The summed E-state index contributed by atoms with van der Waals surface area (Å²) in [5.74, 6) is 1.42. The maximum absolute atomic E-state index is 12.9. The first-order chi connectivity index (χ1) is 13.6. The summed E-state index contributed by atoms with van der Waals surface area (Å²) in [6.45, 7) is 2.56. The monoisotopic (exact) mass is 379 g/mol. The Morgan fingerprint density at radius 1 is 1.25 bits per heavy atom. The Bertz CT molecular complexity index is 1080. The van der Waals surface area contributed by atoms with Crippen molar-refractivity contribution in [1.82, 2.24) is 4.57 Å². The lowest BCUT2D eigenvalue weighted by atomic mass is 10.0. The number of nitrogens with zero attached hydrogens (tertiary/aromatic N) is 1. The Morgan fingerprint density at radius 3 is 2.89 bits per heavy atom. The van der Waals surface area contributed by atoms with Gasteiger partial charge in [-0.3, -0.25) is 4.79 Å². The molecule has 0 fully saturated rings. The highest BCUT2D eigenvalue weighted by atomic mass is 16.7. The molecular weight excluding hydrogens is 358 g/mol.